The Kier molecular flexibility index (Phi) is 4.37. The van der Waals surface area contributed by atoms with Crippen molar-refractivity contribution in [2.75, 3.05) is 20.2 Å². The molecule has 3 aliphatic rings. The fourth-order valence-corrected chi connectivity index (χ4v) is 5.95. The highest BCUT2D eigenvalue weighted by Gasteiger charge is 2.65. The van der Waals surface area contributed by atoms with Gasteiger partial charge in [0.2, 0.25) is 5.91 Å². The van der Waals surface area contributed by atoms with Gasteiger partial charge < -0.3 is 9.64 Å². The average Bonchev–Trinajstić information content (AvgIpc) is 3.33. The van der Waals surface area contributed by atoms with Crippen LogP contribution in [0.4, 0.5) is 0 Å². The van der Waals surface area contributed by atoms with Gasteiger partial charge in [0.1, 0.15) is 11.3 Å². The summed E-state index contributed by atoms with van der Waals surface area (Å²) < 4.78 is 5.43. The lowest BCUT2D eigenvalue weighted by Gasteiger charge is -2.33. The summed E-state index contributed by atoms with van der Waals surface area (Å²) in [6, 6.07) is 16.5. The fourth-order valence-electron chi connectivity index (χ4n) is 5.74. The second kappa shape index (κ2) is 6.78. The zero-order valence-corrected chi connectivity index (χ0v) is 16.9. The number of hydrogen-bond acceptors (Lipinski definition) is 3. The smallest absolute Gasteiger partial charge is 0.243 e. The Balaban J connectivity index is 1.42. The Bertz CT molecular complexity index is 917. The Labute approximate surface area is 171 Å². The van der Waals surface area contributed by atoms with Gasteiger partial charge in [0.25, 0.3) is 0 Å². The largest absolute Gasteiger partial charge is 0.497 e. The minimum Gasteiger partial charge on any atom is -0.497 e. The standard InChI is InChI=1S/C23H25ClN2O2/c1-28-20-8-3-6-17(12-20)21-13-18-15-25(14-16-5-2-7-19(24)11-16)22(27)23(18)9-4-10-26(21)23/h2-3,5-8,11-12,18,21H,4,9-10,13-15H2,1H3/t18-,21-,23-/m0/s1. The monoisotopic (exact) mass is 396 g/mol. The second-order valence-corrected chi connectivity index (χ2v) is 8.70. The molecule has 0 saturated carbocycles. The number of likely N-dealkylation sites (tertiary alicyclic amines) is 1. The number of ether oxygens (including phenoxy) is 1. The number of nitrogens with zero attached hydrogens (tertiary/aromatic N) is 2. The van der Waals surface area contributed by atoms with Crippen LogP contribution in [0.25, 0.3) is 0 Å². The molecule has 0 N–H and O–H groups in total. The molecule has 3 saturated heterocycles. The molecular weight excluding hydrogens is 372 g/mol. The summed E-state index contributed by atoms with van der Waals surface area (Å²) in [5.74, 6) is 1.58. The van der Waals surface area contributed by atoms with Crippen molar-refractivity contribution in [2.45, 2.75) is 37.4 Å². The lowest BCUT2D eigenvalue weighted by atomic mass is 9.85. The van der Waals surface area contributed by atoms with E-state index in [1.807, 2.05) is 24.3 Å². The first-order valence-electron chi connectivity index (χ1n) is 10.1. The Morgan fingerprint density at radius 2 is 2.07 bits per heavy atom. The average molecular weight is 397 g/mol. The number of benzene rings is 2. The Morgan fingerprint density at radius 3 is 2.89 bits per heavy atom. The minimum atomic E-state index is -0.313. The topological polar surface area (TPSA) is 32.8 Å². The minimum absolute atomic E-state index is 0.305. The van der Waals surface area contributed by atoms with Gasteiger partial charge >= 0.3 is 0 Å². The van der Waals surface area contributed by atoms with Crippen LogP contribution in [0.3, 0.4) is 0 Å². The highest BCUT2D eigenvalue weighted by Crippen LogP contribution is 2.56. The lowest BCUT2D eigenvalue weighted by Crippen LogP contribution is -2.49. The van der Waals surface area contributed by atoms with E-state index in [9.17, 15) is 4.79 Å². The summed E-state index contributed by atoms with van der Waals surface area (Å²) in [5, 5.41) is 0.725. The van der Waals surface area contributed by atoms with E-state index in [4.69, 9.17) is 16.3 Å². The van der Waals surface area contributed by atoms with E-state index in [1.54, 1.807) is 7.11 Å². The first kappa shape index (κ1) is 18.0. The summed E-state index contributed by atoms with van der Waals surface area (Å²) in [6.45, 7) is 2.48. The summed E-state index contributed by atoms with van der Waals surface area (Å²) in [7, 11) is 1.71. The Morgan fingerprint density at radius 1 is 1.21 bits per heavy atom. The summed E-state index contributed by atoms with van der Waals surface area (Å²) >= 11 is 6.14. The molecule has 3 aliphatic heterocycles. The summed E-state index contributed by atoms with van der Waals surface area (Å²) in [4.78, 5) is 18.2. The van der Waals surface area contributed by atoms with Crippen LogP contribution >= 0.6 is 11.6 Å². The second-order valence-electron chi connectivity index (χ2n) is 8.26. The number of amides is 1. The maximum atomic E-state index is 13.6. The lowest BCUT2D eigenvalue weighted by molar-refractivity contribution is -0.137. The van der Waals surface area contributed by atoms with E-state index in [0.29, 0.717) is 24.4 Å². The van der Waals surface area contributed by atoms with E-state index in [2.05, 4.69) is 34.1 Å². The molecule has 3 fully saturated rings. The summed E-state index contributed by atoms with van der Waals surface area (Å²) in [6.07, 6.45) is 3.10. The molecule has 2 aromatic rings. The van der Waals surface area contributed by atoms with E-state index in [1.165, 1.54) is 5.56 Å². The van der Waals surface area contributed by atoms with E-state index in [-0.39, 0.29) is 5.54 Å². The number of carbonyl (C=O) groups excluding carboxylic acids is 1. The van der Waals surface area contributed by atoms with E-state index in [0.717, 1.165) is 48.7 Å². The van der Waals surface area contributed by atoms with Crippen molar-refractivity contribution in [1.82, 2.24) is 9.80 Å². The molecule has 0 radical (unpaired) electrons. The fraction of sp³-hybridized carbons (Fsp3) is 0.435. The molecule has 146 valence electrons. The van der Waals surface area contributed by atoms with Gasteiger partial charge in [-0.2, -0.15) is 0 Å². The van der Waals surface area contributed by atoms with Crippen LogP contribution in [-0.4, -0.2) is 41.4 Å². The van der Waals surface area contributed by atoms with Crippen molar-refractivity contribution >= 4 is 17.5 Å². The highest BCUT2D eigenvalue weighted by molar-refractivity contribution is 6.30. The van der Waals surface area contributed by atoms with Crippen LogP contribution in [-0.2, 0) is 11.3 Å². The molecule has 28 heavy (non-hydrogen) atoms. The molecule has 0 aromatic heterocycles. The number of methoxy groups -OCH3 is 1. The highest BCUT2D eigenvalue weighted by atomic mass is 35.5. The molecule has 3 atom stereocenters. The van der Waals surface area contributed by atoms with Crippen molar-refractivity contribution in [3.8, 4) is 5.75 Å². The first-order valence-corrected chi connectivity index (χ1v) is 10.4. The van der Waals surface area contributed by atoms with Gasteiger partial charge in [0.05, 0.1) is 7.11 Å². The number of halogens is 1. The SMILES string of the molecule is COc1cccc([C@@H]2C[C@H]3CN(Cc4cccc(Cl)c4)C(=O)[C@]34CCCN24)c1. The van der Waals surface area contributed by atoms with E-state index < -0.39 is 0 Å². The molecule has 3 heterocycles. The molecule has 0 bridgehead atoms. The van der Waals surface area contributed by atoms with Gasteiger partial charge in [-0.3, -0.25) is 9.69 Å². The van der Waals surface area contributed by atoms with Crippen molar-refractivity contribution in [2.24, 2.45) is 5.92 Å². The van der Waals surface area contributed by atoms with Crippen LogP contribution < -0.4 is 4.74 Å². The molecule has 5 heteroatoms. The van der Waals surface area contributed by atoms with Gasteiger partial charge in [0, 0.05) is 30.1 Å². The zero-order valence-electron chi connectivity index (χ0n) is 16.1. The third-order valence-corrected chi connectivity index (χ3v) is 7.10. The molecule has 0 aliphatic carbocycles. The third kappa shape index (κ3) is 2.66. The van der Waals surface area contributed by atoms with Crippen LogP contribution in [0.15, 0.2) is 48.5 Å². The zero-order chi connectivity index (χ0) is 19.3. The molecule has 1 amide bonds. The van der Waals surface area contributed by atoms with Crippen molar-refractivity contribution in [3.63, 3.8) is 0 Å². The molecule has 4 nitrogen and oxygen atoms in total. The van der Waals surface area contributed by atoms with E-state index >= 15 is 0 Å². The number of hydrogen-bond donors (Lipinski definition) is 0. The molecule has 2 aromatic carbocycles. The third-order valence-electron chi connectivity index (χ3n) is 6.87. The van der Waals surface area contributed by atoms with Crippen LogP contribution in [0.5, 0.6) is 5.75 Å². The van der Waals surface area contributed by atoms with Gasteiger partial charge in [-0.05, 0) is 61.2 Å². The predicted molar refractivity (Wildman–Crippen MR) is 109 cm³/mol. The van der Waals surface area contributed by atoms with Crippen LogP contribution in [0, 0.1) is 5.92 Å². The maximum Gasteiger partial charge on any atom is 0.243 e. The van der Waals surface area contributed by atoms with Gasteiger partial charge in [-0.15, -0.1) is 0 Å². The first-order chi connectivity index (χ1) is 13.6. The van der Waals surface area contributed by atoms with Gasteiger partial charge in [-0.1, -0.05) is 35.9 Å². The van der Waals surface area contributed by atoms with Gasteiger partial charge in [-0.25, -0.2) is 0 Å². The Hall–Kier alpha value is -2.04. The molecule has 1 spiro atoms. The quantitative estimate of drug-likeness (QED) is 0.773. The van der Waals surface area contributed by atoms with Crippen molar-refractivity contribution in [3.05, 3.63) is 64.7 Å². The predicted octanol–water partition coefficient (Wildman–Crippen LogP) is 4.29. The molecule has 5 rings (SSSR count). The normalized spacial score (nSPS) is 29.2. The van der Waals surface area contributed by atoms with Crippen molar-refractivity contribution < 1.29 is 9.53 Å². The van der Waals surface area contributed by atoms with Crippen LogP contribution in [0.1, 0.15) is 36.4 Å². The number of carbonyl (C=O) groups is 1. The van der Waals surface area contributed by atoms with Gasteiger partial charge in [0.15, 0.2) is 0 Å². The van der Waals surface area contributed by atoms with Crippen LogP contribution in [0.2, 0.25) is 5.02 Å². The van der Waals surface area contributed by atoms with Crippen molar-refractivity contribution in [1.29, 1.82) is 0 Å². The molecular formula is C23H25ClN2O2. The molecule has 0 unspecified atom stereocenters. The number of rotatable bonds is 4. The summed E-state index contributed by atoms with van der Waals surface area (Å²) in [5.41, 5.74) is 2.06. The maximum absolute atomic E-state index is 13.6.